The van der Waals surface area contributed by atoms with Crippen molar-refractivity contribution in [3.8, 4) is 0 Å². The van der Waals surface area contributed by atoms with Gasteiger partial charge in [-0.15, -0.1) is 0 Å². The van der Waals surface area contributed by atoms with Crippen molar-refractivity contribution >= 4 is 5.91 Å². The number of benzene rings is 1. The second-order valence-electron chi connectivity index (χ2n) is 4.92. The van der Waals surface area contributed by atoms with Crippen LogP contribution in [0, 0.1) is 11.7 Å². The van der Waals surface area contributed by atoms with E-state index in [2.05, 4.69) is 10.6 Å². The van der Waals surface area contributed by atoms with Gasteiger partial charge in [0.25, 0.3) is 0 Å². The van der Waals surface area contributed by atoms with Crippen LogP contribution in [0.2, 0.25) is 0 Å². The molecule has 1 heterocycles. The molecule has 4 heteroatoms. The van der Waals surface area contributed by atoms with Crippen LogP contribution in [-0.2, 0) is 4.79 Å². The van der Waals surface area contributed by atoms with Crippen molar-refractivity contribution in [2.24, 2.45) is 5.92 Å². The molecule has 1 aromatic carbocycles. The Hall–Kier alpha value is -1.42. The summed E-state index contributed by atoms with van der Waals surface area (Å²) in [5.74, 6) is -0.213. The second kappa shape index (κ2) is 5.48. The second-order valence-corrected chi connectivity index (χ2v) is 4.92. The van der Waals surface area contributed by atoms with Crippen molar-refractivity contribution in [2.75, 3.05) is 6.54 Å². The van der Waals surface area contributed by atoms with Gasteiger partial charge in [-0.1, -0.05) is 12.1 Å². The molecule has 0 saturated carbocycles. The van der Waals surface area contributed by atoms with Crippen molar-refractivity contribution in [3.05, 3.63) is 35.6 Å². The van der Waals surface area contributed by atoms with Crippen LogP contribution in [0.25, 0.3) is 0 Å². The number of amides is 1. The Balaban J connectivity index is 1.98. The summed E-state index contributed by atoms with van der Waals surface area (Å²) >= 11 is 0. The Labute approximate surface area is 107 Å². The monoisotopic (exact) mass is 250 g/mol. The molecule has 98 valence electrons. The highest BCUT2D eigenvalue weighted by Crippen LogP contribution is 2.18. The molecule has 1 aliphatic heterocycles. The maximum Gasteiger partial charge on any atom is 0.225 e. The molecule has 0 bridgehead atoms. The van der Waals surface area contributed by atoms with Gasteiger partial charge in [0.2, 0.25) is 5.91 Å². The minimum atomic E-state index is -0.274. The lowest BCUT2D eigenvalue weighted by Gasteiger charge is -2.19. The van der Waals surface area contributed by atoms with E-state index in [-0.39, 0.29) is 29.7 Å². The van der Waals surface area contributed by atoms with E-state index in [1.54, 1.807) is 6.07 Å². The number of hydrogen-bond acceptors (Lipinski definition) is 2. The molecule has 0 spiro atoms. The van der Waals surface area contributed by atoms with Crippen LogP contribution < -0.4 is 10.6 Å². The molecular weight excluding hydrogens is 231 g/mol. The minimum Gasteiger partial charge on any atom is -0.349 e. The van der Waals surface area contributed by atoms with Crippen LogP contribution in [-0.4, -0.2) is 18.5 Å². The van der Waals surface area contributed by atoms with E-state index >= 15 is 0 Å². The fraction of sp³-hybridized carbons (Fsp3) is 0.500. The largest absolute Gasteiger partial charge is 0.349 e. The van der Waals surface area contributed by atoms with Gasteiger partial charge in [-0.2, -0.15) is 0 Å². The van der Waals surface area contributed by atoms with E-state index in [1.165, 1.54) is 12.1 Å². The van der Waals surface area contributed by atoms with Crippen LogP contribution in [0.5, 0.6) is 0 Å². The summed E-state index contributed by atoms with van der Waals surface area (Å²) in [6.45, 7) is 4.78. The number of hydrogen-bond donors (Lipinski definition) is 2. The van der Waals surface area contributed by atoms with Crippen molar-refractivity contribution in [3.63, 3.8) is 0 Å². The summed E-state index contributed by atoms with van der Waals surface area (Å²) in [4.78, 5) is 12.1. The van der Waals surface area contributed by atoms with E-state index < -0.39 is 0 Å². The SMILES string of the molecule is CC1NCCC1C(=O)N[C@H](C)c1cccc(F)c1. The topological polar surface area (TPSA) is 41.1 Å². The molecule has 18 heavy (non-hydrogen) atoms. The molecule has 0 aliphatic carbocycles. The summed E-state index contributed by atoms with van der Waals surface area (Å²) < 4.78 is 13.1. The predicted octanol–water partition coefficient (Wildman–Crippen LogP) is 2.00. The number of rotatable bonds is 3. The summed E-state index contributed by atoms with van der Waals surface area (Å²) in [5.41, 5.74) is 0.793. The molecule has 2 unspecified atom stereocenters. The van der Waals surface area contributed by atoms with E-state index in [9.17, 15) is 9.18 Å². The third-order valence-electron chi connectivity index (χ3n) is 3.57. The van der Waals surface area contributed by atoms with Gasteiger partial charge >= 0.3 is 0 Å². The van der Waals surface area contributed by atoms with Gasteiger partial charge in [-0.05, 0) is 44.5 Å². The average Bonchev–Trinajstić information content (AvgIpc) is 2.75. The van der Waals surface area contributed by atoms with Crippen molar-refractivity contribution < 1.29 is 9.18 Å². The van der Waals surface area contributed by atoms with Crippen molar-refractivity contribution in [2.45, 2.75) is 32.4 Å². The predicted molar refractivity (Wildman–Crippen MR) is 68.5 cm³/mol. The van der Waals surface area contributed by atoms with Crippen LogP contribution in [0.1, 0.15) is 31.9 Å². The van der Waals surface area contributed by atoms with Gasteiger partial charge in [0, 0.05) is 6.04 Å². The first kappa shape index (κ1) is 13.0. The first-order chi connectivity index (χ1) is 8.58. The molecule has 1 aromatic rings. The van der Waals surface area contributed by atoms with E-state index in [0.29, 0.717) is 0 Å². The lowest BCUT2D eigenvalue weighted by Crippen LogP contribution is -2.37. The molecular formula is C14H19FN2O. The molecule has 3 atom stereocenters. The molecule has 1 fully saturated rings. The molecule has 2 rings (SSSR count). The maximum atomic E-state index is 13.1. The molecule has 0 aromatic heterocycles. The smallest absolute Gasteiger partial charge is 0.225 e. The zero-order chi connectivity index (χ0) is 13.1. The van der Waals surface area contributed by atoms with Crippen LogP contribution >= 0.6 is 0 Å². The highest BCUT2D eigenvalue weighted by Gasteiger charge is 2.30. The lowest BCUT2D eigenvalue weighted by molar-refractivity contribution is -0.125. The van der Waals surface area contributed by atoms with E-state index in [4.69, 9.17) is 0 Å². The van der Waals surface area contributed by atoms with Crippen molar-refractivity contribution in [1.29, 1.82) is 0 Å². The first-order valence-corrected chi connectivity index (χ1v) is 6.37. The Kier molecular flexibility index (Phi) is 3.97. The molecule has 1 saturated heterocycles. The molecule has 2 N–H and O–H groups in total. The standard InChI is InChI=1S/C14H19FN2O/c1-9(11-4-3-5-12(15)8-11)17-14(18)13-6-7-16-10(13)2/h3-5,8-10,13,16H,6-7H2,1-2H3,(H,17,18)/t9-,10?,13?/m1/s1. The number of halogens is 1. The average molecular weight is 250 g/mol. The Morgan fingerprint density at radius 1 is 1.56 bits per heavy atom. The fourth-order valence-electron chi connectivity index (χ4n) is 2.40. The zero-order valence-corrected chi connectivity index (χ0v) is 10.7. The van der Waals surface area contributed by atoms with E-state index in [1.807, 2.05) is 19.9 Å². The zero-order valence-electron chi connectivity index (χ0n) is 10.7. The normalized spacial score (nSPS) is 24.8. The van der Waals surface area contributed by atoms with Gasteiger partial charge < -0.3 is 10.6 Å². The summed E-state index contributed by atoms with van der Waals surface area (Å²) in [6.07, 6.45) is 0.864. The van der Waals surface area contributed by atoms with Crippen LogP contribution in [0.3, 0.4) is 0 Å². The summed E-state index contributed by atoms with van der Waals surface area (Å²) in [6, 6.07) is 6.39. The molecule has 1 aliphatic rings. The highest BCUT2D eigenvalue weighted by atomic mass is 19.1. The lowest BCUT2D eigenvalue weighted by atomic mass is 10.00. The number of carbonyl (C=O) groups excluding carboxylic acids is 1. The van der Waals surface area contributed by atoms with E-state index in [0.717, 1.165) is 18.5 Å². The van der Waals surface area contributed by atoms with Gasteiger partial charge in [0.05, 0.1) is 12.0 Å². The molecule has 1 amide bonds. The minimum absolute atomic E-state index is 0.0148. The van der Waals surface area contributed by atoms with Gasteiger partial charge in [0.15, 0.2) is 0 Å². The fourth-order valence-corrected chi connectivity index (χ4v) is 2.40. The third-order valence-corrected chi connectivity index (χ3v) is 3.57. The number of nitrogens with one attached hydrogen (secondary N) is 2. The third kappa shape index (κ3) is 2.88. The number of carbonyl (C=O) groups is 1. The van der Waals surface area contributed by atoms with Crippen molar-refractivity contribution in [1.82, 2.24) is 10.6 Å². The van der Waals surface area contributed by atoms with Crippen LogP contribution in [0.4, 0.5) is 4.39 Å². The van der Waals surface area contributed by atoms with Gasteiger partial charge in [-0.25, -0.2) is 4.39 Å². The Morgan fingerprint density at radius 3 is 2.94 bits per heavy atom. The quantitative estimate of drug-likeness (QED) is 0.861. The molecule has 3 nitrogen and oxygen atoms in total. The molecule has 0 radical (unpaired) electrons. The maximum absolute atomic E-state index is 13.1. The summed E-state index contributed by atoms with van der Waals surface area (Å²) in [5, 5.41) is 6.20. The Morgan fingerprint density at radius 2 is 2.33 bits per heavy atom. The van der Waals surface area contributed by atoms with Gasteiger partial charge in [0.1, 0.15) is 5.82 Å². The first-order valence-electron chi connectivity index (χ1n) is 6.37. The van der Waals surface area contributed by atoms with Crippen LogP contribution in [0.15, 0.2) is 24.3 Å². The summed E-state index contributed by atoms with van der Waals surface area (Å²) in [7, 11) is 0. The Bertz CT molecular complexity index is 436. The highest BCUT2D eigenvalue weighted by molar-refractivity contribution is 5.80. The van der Waals surface area contributed by atoms with Gasteiger partial charge in [-0.3, -0.25) is 4.79 Å².